The van der Waals surface area contributed by atoms with Crippen molar-refractivity contribution in [2.24, 2.45) is 0 Å². The van der Waals surface area contributed by atoms with Gasteiger partial charge in [-0.1, -0.05) is 0 Å². The average molecular weight is 194 g/mol. The molecule has 0 aromatic carbocycles. The van der Waals surface area contributed by atoms with Gasteiger partial charge in [-0.15, -0.1) is 0 Å². The highest BCUT2D eigenvalue weighted by atomic mass is 16.5. The van der Waals surface area contributed by atoms with Crippen LogP contribution in [0.2, 0.25) is 0 Å². The molecule has 1 aliphatic rings. The summed E-state index contributed by atoms with van der Waals surface area (Å²) in [6.07, 6.45) is 2.98. The van der Waals surface area contributed by atoms with Crippen molar-refractivity contribution in [3.63, 3.8) is 0 Å². The van der Waals surface area contributed by atoms with Gasteiger partial charge in [0, 0.05) is 18.8 Å². The molecule has 0 spiro atoms. The minimum Gasteiger partial charge on any atom is -0.497 e. The summed E-state index contributed by atoms with van der Waals surface area (Å²) in [6.45, 7) is 1.92. The van der Waals surface area contributed by atoms with E-state index in [1.54, 1.807) is 25.4 Å². The number of nitrogens with one attached hydrogen (secondary N) is 1. The lowest BCUT2D eigenvalue weighted by atomic mass is 10.3. The first-order chi connectivity index (χ1) is 6.88. The van der Waals surface area contributed by atoms with Crippen molar-refractivity contribution in [3.8, 4) is 11.6 Å². The van der Waals surface area contributed by atoms with E-state index < -0.39 is 0 Å². The Hall–Kier alpha value is -1.29. The molecule has 1 unspecified atom stereocenters. The number of pyridine rings is 1. The number of ether oxygens (including phenoxy) is 2. The van der Waals surface area contributed by atoms with Gasteiger partial charge in [-0.2, -0.15) is 0 Å². The molecule has 1 N–H and O–H groups in total. The summed E-state index contributed by atoms with van der Waals surface area (Å²) in [5.74, 6) is 1.42. The van der Waals surface area contributed by atoms with Gasteiger partial charge in [0.2, 0.25) is 5.88 Å². The van der Waals surface area contributed by atoms with Gasteiger partial charge in [0.1, 0.15) is 11.9 Å². The molecular formula is C10H14N2O2. The number of hydrogen-bond acceptors (Lipinski definition) is 4. The molecule has 1 aromatic heterocycles. The third-order valence-corrected chi connectivity index (χ3v) is 2.24. The van der Waals surface area contributed by atoms with Crippen LogP contribution in [0.15, 0.2) is 18.3 Å². The van der Waals surface area contributed by atoms with E-state index in [2.05, 4.69) is 10.3 Å². The lowest BCUT2D eigenvalue weighted by molar-refractivity contribution is 0.213. The molecule has 0 radical (unpaired) electrons. The second-order valence-corrected chi connectivity index (χ2v) is 3.27. The third kappa shape index (κ3) is 2.14. The summed E-state index contributed by atoms with van der Waals surface area (Å²) in [4.78, 5) is 4.12. The van der Waals surface area contributed by atoms with E-state index in [-0.39, 0.29) is 6.10 Å². The van der Waals surface area contributed by atoms with Gasteiger partial charge in [0.05, 0.1) is 7.11 Å². The zero-order valence-corrected chi connectivity index (χ0v) is 8.19. The van der Waals surface area contributed by atoms with Gasteiger partial charge < -0.3 is 14.8 Å². The number of rotatable bonds is 3. The van der Waals surface area contributed by atoms with Gasteiger partial charge in [-0.25, -0.2) is 4.98 Å². The van der Waals surface area contributed by atoms with E-state index in [9.17, 15) is 0 Å². The Morgan fingerprint density at radius 1 is 1.57 bits per heavy atom. The molecule has 0 saturated carbocycles. The Morgan fingerprint density at radius 2 is 2.50 bits per heavy atom. The molecular weight excluding hydrogens is 180 g/mol. The van der Waals surface area contributed by atoms with Crippen molar-refractivity contribution in [1.82, 2.24) is 10.3 Å². The minimum absolute atomic E-state index is 0.245. The zero-order valence-electron chi connectivity index (χ0n) is 8.19. The second-order valence-electron chi connectivity index (χ2n) is 3.27. The quantitative estimate of drug-likeness (QED) is 0.774. The fraction of sp³-hybridized carbons (Fsp3) is 0.500. The van der Waals surface area contributed by atoms with E-state index in [1.807, 2.05) is 0 Å². The van der Waals surface area contributed by atoms with Crippen molar-refractivity contribution in [2.45, 2.75) is 12.5 Å². The smallest absolute Gasteiger partial charge is 0.217 e. The molecule has 0 aliphatic carbocycles. The minimum atomic E-state index is 0.245. The van der Waals surface area contributed by atoms with E-state index in [0.717, 1.165) is 25.3 Å². The molecule has 4 heteroatoms. The van der Waals surface area contributed by atoms with E-state index >= 15 is 0 Å². The van der Waals surface area contributed by atoms with Crippen LogP contribution < -0.4 is 14.8 Å². The van der Waals surface area contributed by atoms with Gasteiger partial charge in [-0.3, -0.25) is 0 Å². The maximum absolute atomic E-state index is 5.66. The third-order valence-electron chi connectivity index (χ3n) is 2.24. The van der Waals surface area contributed by atoms with Gasteiger partial charge in [0.25, 0.3) is 0 Å². The SMILES string of the molecule is COc1ccnc(OC2CCNC2)c1. The van der Waals surface area contributed by atoms with Gasteiger partial charge >= 0.3 is 0 Å². The molecule has 1 atom stereocenters. The molecule has 1 fully saturated rings. The monoisotopic (exact) mass is 194 g/mol. The molecule has 0 amide bonds. The molecule has 2 rings (SSSR count). The number of aromatic nitrogens is 1. The molecule has 1 aliphatic heterocycles. The van der Waals surface area contributed by atoms with Crippen LogP contribution in [-0.4, -0.2) is 31.3 Å². The van der Waals surface area contributed by atoms with Crippen LogP contribution in [0.4, 0.5) is 0 Å². The van der Waals surface area contributed by atoms with Crippen LogP contribution in [0.25, 0.3) is 0 Å². The Labute approximate surface area is 83.2 Å². The standard InChI is InChI=1S/C10H14N2O2/c1-13-8-3-5-12-10(6-8)14-9-2-4-11-7-9/h3,5-6,9,11H,2,4,7H2,1H3. The summed E-state index contributed by atoms with van der Waals surface area (Å²) in [7, 11) is 1.64. The lowest BCUT2D eigenvalue weighted by Crippen LogP contribution is -2.19. The van der Waals surface area contributed by atoms with Crippen molar-refractivity contribution in [2.75, 3.05) is 20.2 Å². The predicted molar refractivity (Wildman–Crippen MR) is 52.7 cm³/mol. The highest BCUT2D eigenvalue weighted by Gasteiger charge is 2.16. The van der Waals surface area contributed by atoms with Crippen molar-refractivity contribution >= 4 is 0 Å². The normalized spacial score (nSPS) is 20.8. The van der Waals surface area contributed by atoms with E-state index in [1.165, 1.54) is 0 Å². The summed E-state index contributed by atoms with van der Waals surface area (Å²) in [5, 5.41) is 3.24. The number of hydrogen-bond donors (Lipinski definition) is 1. The molecule has 1 saturated heterocycles. The highest BCUT2D eigenvalue weighted by molar-refractivity contribution is 5.26. The molecule has 1 aromatic rings. The molecule has 14 heavy (non-hydrogen) atoms. The first-order valence-electron chi connectivity index (χ1n) is 4.76. The summed E-state index contributed by atoms with van der Waals surface area (Å²) in [5.41, 5.74) is 0. The maximum atomic E-state index is 5.66. The maximum Gasteiger partial charge on any atom is 0.217 e. The Bertz CT molecular complexity index is 298. The van der Waals surface area contributed by atoms with Crippen LogP contribution in [0.3, 0.4) is 0 Å². The van der Waals surface area contributed by atoms with Crippen LogP contribution in [0.1, 0.15) is 6.42 Å². The van der Waals surface area contributed by atoms with E-state index in [4.69, 9.17) is 9.47 Å². The lowest BCUT2D eigenvalue weighted by Gasteiger charge is -2.11. The molecule has 4 nitrogen and oxygen atoms in total. The molecule has 76 valence electrons. The van der Waals surface area contributed by atoms with Crippen molar-refractivity contribution in [3.05, 3.63) is 18.3 Å². The fourth-order valence-electron chi connectivity index (χ4n) is 1.48. The highest BCUT2D eigenvalue weighted by Crippen LogP contribution is 2.18. The summed E-state index contributed by atoms with van der Waals surface area (Å²) >= 11 is 0. The summed E-state index contributed by atoms with van der Waals surface area (Å²) in [6, 6.07) is 3.61. The summed E-state index contributed by atoms with van der Waals surface area (Å²) < 4.78 is 10.7. The van der Waals surface area contributed by atoms with Crippen LogP contribution in [0.5, 0.6) is 11.6 Å². The Morgan fingerprint density at radius 3 is 3.21 bits per heavy atom. The van der Waals surface area contributed by atoms with Crippen LogP contribution >= 0.6 is 0 Å². The first kappa shape index (κ1) is 9.27. The Kier molecular flexibility index (Phi) is 2.84. The van der Waals surface area contributed by atoms with E-state index in [0.29, 0.717) is 5.88 Å². The predicted octanol–water partition coefficient (Wildman–Crippen LogP) is 0.831. The van der Waals surface area contributed by atoms with Crippen LogP contribution in [0, 0.1) is 0 Å². The first-order valence-corrected chi connectivity index (χ1v) is 4.76. The van der Waals surface area contributed by atoms with Gasteiger partial charge in [-0.05, 0) is 19.0 Å². The average Bonchev–Trinajstić information content (AvgIpc) is 2.71. The number of nitrogens with zero attached hydrogens (tertiary/aromatic N) is 1. The van der Waals surface area contributed by atoms with Crippen molar-refractivity contribution in [1.29, 1.82) is 0 Å². The van der Waals surface area contributed by atoms with Gasteiger partial charge in [0.15, 0.2) is 0 Å². The zero-order chi connectivity index (χ0) is 9.80. The largest absolute Gasteiger partial charge is 0.497 e. The molecule has 2 heterocycles. The fourth-order valence-corrected chi connectivity index (χ4v) is 1.48. The number of methoxy groups -OCH3 is 1. The Balaban J connectivity index is 2.00. The van der Waals surface area contributed by atoms with Crippen LogP contribution in [-0.2, 0) is 0 Å². The molecule has 0 bridgehead atoms. The van der Waals surface area contributed by atoms with Crippen molar-refractivity contribution < 1.29 is 9.47 Å². The topological polar surface area (TPSA) is 43.4 Å². The second kappa shape index (κ2) is 4.28.